The lowest BCUT2D eigenvalue weighted by Crippen LogP contribution is -2.60. The maximum atomic E-state index is 13.3. The van der Waals surface area contributed by atoms with Gasteiger partial charge in [0.25, 0.3) is 0 Å². The van der Waals surface area contributed by atoms with E-state index in [4.69, 9.17) is 9.47 Å². The van der Waals surface area contributed by atoms with Crippen molar-refractivity contribution in [1.29, 1.82) is 0 Å². The van der Waals surface area contributed by atoms with Crippen LogP contribution >= 0.6 is 0 Å². The Kier molecular flexibility index (Phi) is 3.99. The Morgan fingerprint density at radius 2 is 2.05 bits per heavy atom. The summed E-state index contributed by atoms with van der Waals surface area (Å²) in [6.45, 7) is -0.555. The molecule has 0 aromatic rings. The van der Waals surface area contributed by atoms with Crippen molar-refractivity contribution < 1.29 is 31.1 Å². The molecule has 0 spiro atoms. The zero-order valence-corrected chi connectivity index (χ0v) is 13.1. The van der Waals surface area contributed by atoms with Crippen molar-refractivity contribution in [2.45, 2.75) is 61.3 Å². The van der Waals surface area contributed by atoms with Crippen molar-refractivity contribution in [3.05, 3.63) is 0 Å². The molecule has 3 saturated heterocycles. The molecule has 0 radical (unpaired) electrons. The van der Waals surface area contributed by atoms with Gasteiger partial charge in [-0.25, -0.2) is 8.42 Å². The van der Waals surface area contributed by atoms with E-state index in [9.17, 15) is 21.6 Å². The van der Waals surface area contributed by atoms with Crippen molar-refractivity contribution >= 4 is 10.0 Å². The summed E-state index contributed by atoms with van der Waals surface area (Å²) in [5.41, 5.74) is -2.41. The first-order chi connectivity index (χ1) is 10.2. The fraction of sp³-hybridized carbons (Fsp3) is 1.00. The van der Waals surface area contributed by atoms with Crippen LogP contribution < -0.4 is 0 Å². The van der Waals surface area contributed by atoms with Crippen molar-refractivity contribution in [2.75, 3.05) is 20.2 Å². The molecule has 3 fully saturated rings. The average molecular weight is 343 g/mol. The Morgan fingerprint density at radius 3 is 2.55 bits per heavy atom. The molecule has 2 bridgehead atoms. The highest BCUT2D eigenvalue weighted by atomic mass is 32.2. The van der Waals surface area contributed by atoms with E-state index in [2.05, 4.69) is 0 Å². The molecule has 5 nitrogen and oxygen atoms in total. The molecular weight excluding hydrogens is 323 g/mol. The number of fused-ring (bicyclic) bond motifs is 2. The molecule has 3 aliphatic rings. The maximum Gasteiger partial charge on any atom is 0.418 e. The molecule has 0 aromatic carbocycles. The molecule has 4 atom stereocenters. The van der Waals surface area contributed by atoms with Crippen molar-refractivity contribution in [3.8, 4) is 0 Å². The van der Waals surface area contributed by atoms with Gasteiger partial charge in [-0.2, -0.15) is 17.5 Å². The minimum absolute atomic E-state index is 0.0654. The topological polar surface area (TPSA) is 55.8 Å². The van der Waals surface area contributed by atoms with E-state index in [0.717, 1.165) is 17.8 Å². The summed E-state index contributed by atoms with van der Waals surface area (Å²) in [7, 11) is -2.82. The van der Waals surface area contributed by atoms with Crippen LogP contribution in [0.15, 0.2) is 0 Å². The van der Waals surface area contributed by atoms with Crippen LogP contribution in [0.25, 0.3) is 0 Å². The number of sulfonamides is 1. The number of piperidine rings is 1. The third kappa shape index (κ3) is 2.46. The summed E-state index contributed by atoms with van der Waals surface area (Å²) < 4.78 is 76.6. The molecule has 9 heteroatoms. The number of methoxy groups -OCH3 is 1. The van der Waals surface area contributed by atoms with E-state index in [1.165, 1.54) is 0 Å². The number of hydrogen-bond donors (Lipinski definition) is 0. The SMILES string of the molecule is COC1(C(F)(F)F)CCCN(S(=O)(=O)C2CC3CCC2O3)C1. The Morgan fingerprint density at radius 1 is 1.32 bits per heavy atom. The van der Waals surface area contributed by atoms with E-state index in [1.54, 1.807) is 0 Å². The molecule has 0 aliphatic carbocycles. The average Bonchev–Trinajstić information content (AvgIpc) is 3.09. The zero-order chi connectivity index (χ0) is 16.2. The molecule has 4 unspecified atom stereocenters. The van der Waals surface area contributed by atoms with Gasteiger partial charge in [-0.15, -0.1) is 0 Å². The third-order valence-corrected chi connectivity index (χ3v) is 7.41. The fourth-order valence-electron chi connectivity index (χ4n) is 3.81. The highest BCUT2D eigenvalue weighted by Crippen LogP contribution is 2.43. The number of ether oxygens (including phenoxy) is 2. The van der Waals surface area contributed by atoms with Gasteiger partial charge in [0.15, 0.2) is 5.60 Å². The zero-order valence-electron chi connectivity index (χ0n) is 12.3. The van der Waals surface area contributed by atoms with Gasteiger partial charge in [-0.05, 0) is 32.1 Å². The Hall–Kier alpha value is -0.380. The molecule has 22 heavy (non-hydrogen) atoms. The summed E-state index contributed by atoms with van der Waals surface area (Å²) in [5.74, 6) is 0. The van der Waals surface area contributed by atoms with Gasteiger partial charge in [0.05, 0.1) is 18.8 Å². The van der Waals surface area contributed by atoms with Crippen LogP contribution in [0, 0.1) is 0 Å². The van der Waals surface area contributed by atoms with Crippen LogP contribution in [0.2, 0.25) is 0 Å². The van der Waals surface area contributed by atoms with Gasteiger partial charge in [-0.1, -0.05) is 0 Å². The van der Waals surface area contributed by atoms with Gasteiger partial charge in [0.2, 0.25) is 10.0 Å². The lowest BCUT2D eigenvalue weighted by Gasteiger charge is -2.43. The number of alkyl halides is 3. The summed E-state index contributed by atoms with van der Waals surface area (Å²) >= 11 is 0. The van der Waals surface area contributed by atoms with Crippen LogP contribution in [0.5, 0.6) is 0 Å². The second-order valence-corrected chi connectivity index (χ2v) is 8.48. The first-order valence-electron chi connectivity index (χ1n) is 7.46. The monoisotopic (exact) mass is 343 g/mol. The van der Waals surface area contributed by atoms with Gasteiger partial charge in [0.1, 0.15) is 5.25 Å². The first kappa shape index (κ1) is 16.5. The minimum atomic E-state index is -4.60. The van der Waals surface area contributed by atoms with Gasteiger partial charge in [0, 0.05) is 13.7 Å². The van der Waals surface area contributed by atoms with Gasteiger partial charge >= 0.3 is 6.18 Å². The minimum Gasteiger partial charge on any atom is -0.374 e. The first-order valence-corrected chi connectivity index (χ1v) is 8.96. The molecule has 3 rings (SSSR count). The summed E-state index contributed by atoms with van der Waals surface area (Å²) in [5, 5.41) is -0.716. The lowest BCUT2D eigenvalue weighted by atomic mass is 9.93. The number of halogens is 3. The van der Waals surface area contributed by atoms with Gasteiger partial charge < -0.3 is 9.47 Å². The molecular formula is C13H20F3NO4S. The Bertz CT molecular complexity index is 538. The number of hydrogen-bond acceptors (Lipinski definition) is 4. The van der Waals surface area contributed by atoms with Crippen molar-refractivity contribution in [2.24, 2.45) is 0 Å². The maximum absolute atomic E-state index is 13.3. The van der Waals surface area contributed by atoms with Crippen molar-refractivity contribution in [3.63, 3.8) is 0 Å². The second-order valence-electron chi connectivity index (χ2n) is 6.33. The molecule has 3 heterocycles. The number of nitrogens with zero attached hydrogens (tertiary/aromatic N) is 1. The normalized spacial score (nSPS) is 40.3. The smallest absolute Gasteiger partial charge is 0.374 e. The summed E-state index contributed by atoms with van der Waals surface area (Å²) in [4.78, 5) is 0. The third-order valence-electron chi connectivity index (χ3n) is 5.12. The standard InChI is InChI=1S/C13H20F3NO4S/c1-20-12(13(14,15)16)5-2-6-17(8-12)22(18,19)11-7-9-3-4-10(11)21-9/h9-11H,2-8H2,1H3. The van der Waals surface area contributed by atoms with Gasteiger partial charge in [-0.3, -0.25) is 0 Å². The van der Waals surface area contributed by atoms with E-state index in [0.29, 0.717) is 12.8 Å². The molecule has 0 saturated carbocycles. The quantitative estimate of drug-likeness (QED) is 0.782. The lowest BCUT2D eigenvalue weighted by molar-refractivity contribution is -0.279. The van der Waals surface area contributed by atoms with Crippen molar-refractivity contribution in [1.82, 2.24) is 4.31 Å². The second kappa shape index (κ2) is 5.32. The largest absolute Gasteiger partial charge is 0.418 e. The predicted octanol–water partition coefficient (Wildman–Crippen LogP) is 1.68. The van der Waals surface area contributed by atoms with E-state index < -0.39 is 33.6 Å². The molecule has 128 valence electrons. The highest BCUT2D eigenvalue weighted by Gasteiger charge is 2.60. The molecule has 0 N–H and O–H groups in total. The number of rotatable bonds is 3. The van der Waals surface area contributed by atoms with Crippen LogP contribution in [0.3, 0.4) is 0 Å². The predicted molar refractivity (Wildman–Crippen MR) is 71.8 cm³/mol. The van der Waals surface area contributed by atoms with E-state index in [-0.39, 0.29) is 31.6 Å². The highest BCUT2D eigenvalue weighted by molar-refractivity contribution is 7.89. The van der Waals surface area contributed by atoms with Crippen LogP contribution in [-0.2, 0) is 19.5 Å². The van der Waals surface area contributed by atoms with Crippen LogP contribution in [0.1, 0.15) is 32.1 Å². The molecule has 0 aromatic heterocycles. The molecule has 0 amide bonds. The Labute approximate surface area is 127 Å². The summed E-state index contributed by atoms with van der Waals surface area (Å²) in [6.07, 6.45) is -3.24. The fourth-order valence-corrected chi connectivity index (χ4v) is 6.01. The van der Waals surface area contributed by atoms with Crippen LogP contribution in [0.4, 0.5) is 13.2 Å². The van der Waals surface area contributed by atoms with Crippen LogP contribution in [-0.4, -0.2) is 62.2 Å². The van der Waals surface area contributed by atoms with E-state index >= 15 is 0 Å². The van der Waals surface area contributed by atoms with E-state index in [1.807, 2.05) is 0 Å². The Balaban J connectivity index is 1.82. The summed E-state index contributed by atoms with van der Waals surface area (Å²) in [6, 6.07) is 0. The molecule has 3 aliphatic heterocycles.